The average molecular weight is 321 g/mol. The molecule has 1 aromatic rings. The number of carbonyl (C=O) groups is 2. The highest BCUT2D eigenvalue weighted by Crippen LogP contribution is 2.28. The molecule has 8 heteroatoms. The molecule has 0 saturated heterocycles. The number of carbonyl (C=O) groups excluding carboxylic acids is 1. The third-order valence-corrected chi connectivity index (χ3v) is 3.83. The van der Waals surface area contributed by atoms with Crippen molar-refractivity contribution in [2.75, 3.05) is 11.9 Å². The Bertz CT molecular complexity index is 598. The van der Waals surface area contributed by atoms with Crippen LogP contribution in [-0.2, 0) is 9.59 Å². The molecule has 2 rings (SSSR count). The molecule has 0 bridgehead atoms. The number of nitro benzene ring substituents is 1. The maximum Gasteiger partial charge on any atom is 0.320 e. The summed E-state index contributed by atoms with van der Waals surface area (Å²) >= 11 is 0. The SMILES string of the molecule is CC(C(=O)O)N(CCC(=O)Nc1ccc([N+](=O)[O-])cc1)C1CC1. The van der Waals surface area contributed by atoms with Gasteiger partial charge >= 0.3 is 5.97 Å². The Morgan fingerprint density at radius 1 is 1.39 bits per heavy atom. The van der Waals surface area contributed by atoms with Gasteiger partial charge in [0.15, 0.2) is 0 Å². The van der Waals surface area contributed by atoms with E-state index in [1.807, 2.05) is 4.90 Å². The Morgan fingerprint density at radius 2 is 2.00 bits per heavy atom. The number of aliphatic carboxylic acids is 1. The highest BCUT2D eigenvalue weighted by molar-refractivity contribution is 5.91. The van der Waals surface area contributed by atoms with Crippen molar-refractivity contribution >= 4 is 23.3 Å². The molecule has 1 fully saturated rings. The number of hydrogen-bond acceptors (Lipinski definition) is 5. The standard InChI is InChI=1S/C15H19N3O5/c1-10(15(20)21)17(12-6-7-12)9-8-14(19)16-11-2-4-13(5-3-11)18(22)23/h2-5,10,12H,6-9H2,1H3,(H,16,19)(H,20,21). The fourth-order valence-electron chi connectivity index (χ4n) is 2.36. The number of nitro groups is 1. The fraction of sp³-hybridized carbons (Fsp3) is 0.467. The summed E-state index contributed by atoms with van der Waals surface area (Å²) in [4.78, 5) is 34.9. The smallest absolute Gasteiger partial charge is 0.320 e. The van der Waals surface area contributed by atoms with Gasteiger partial charge in [-0.3, -0.25) is 24.6 Å². The van der Waals surface area contributed by atoms with Gasteiger partial charge in [0.2, 0.25) is 5.91 Å². The Hall–Kier alpha value is -2.48. The van der Waals surface area contributed by atoms with Crippen LogP contribution in [-0.4, -0.2) is 45.4 Å². The van der Waals surface area contributed by atoms with E-state index in [1.165, 1.54) is 24.3 Å². The molecule has 0 aliphatic heterocycles. The lowest BCUT2D eigenvalue weighted by Gasteiger charge is -2.25. The van der Waals surface area contributed by atoms with Crippen LogP contribution in [0, 0.1) is 10.1 Å². The normalized spacial score (nSPS) is 15.2. The molecule has 1 amide bonds. The first-order valence-corrected chi connectivity index (χ1v) is 7.41. The Labute approximate surface area is 133 Å². The molecule has 0 heterocycles. The highest BCUT2D eigenvalue weighted by atomic mass is 16.6. The molecular weight excluding hydrogens is 302 g/mol. The minimum atomic E-state index is -0.896. The number of benzene rings is 1. The van der Waals surface area contributed by atoms with Crippen LogP contribution in [0.25, 0.3) is 0 Å². The summed E-state index contributed by atoms with van der Waals surface area (Å²) in [6.07, 6.45) is 2.09. The lowest BCUT2D eigenvalue weighted by Crippen LogP contribution is -2.42. The van der Waals surface area contributed by atoms with E-state index in [0.29, 0.717) is 12.2 Å². The summed E-state index contributed by atoms with van der Waals surface area (Å²) in [6, 6.07) is 5.20. The van der Waals surface area contributed by atoms with E-state index in [2.05, 4.69) is 5.32 Å². The number of anilines is 1. The zero-order chi connectivity index (χ0) is 17.0. The van der Waals surface area contributed by atoms with Crippen LogP contribution in [0.5, 0.6) is 0 Å². The summed E-state index contributed by atoms with van der Waals surface area (Å²) < 4.78 is 0. The second kappa shape index (κ2) is 7.19. The van der Waals surface area contributed by atoms with Crippen LogP contribution in [0.3, 0.4) is 0 Å². The van der Waals surface area contributed by atoms with E-state index < -0.39 is 16.9 Å². The zero-order valence-corrected chi connectivity index (χ0v) is 12.8. The van der Waals surface area contributed by atoms with Gasteiger partial charge in [0, 0.05) is 36.8 Å². The van der Waals surface area contributed by atoms with Crippen molar-refractivity contribution in [3.8, 4) is 0 Å². The van der Waals surface area contributed by atoms with Crippen LogP contribution in [0.4, 0.5) is 11.4 Å². The largest absolute Gasteiger partial charge is 0.480 e. The van der Waals surface area contributed by atoms with Crippen LogP contribution >= 0.6 is 0 Å². The van der Waals surface area contributed by atoms with E-state index >= 15 is 0 Å². The van der Waals surface area contributed by atoms with Gasteiger partial charge < -0.3 is 10.4 Å². The van der Waals surface area contributed by atoms with Crippen molar-refractivity contribution in [3.63, 3.8) is 0 Å². The van der Waals surface area contributed by atoms with E-state index in [4.69, 9.17) is 5.11 Å². The minimum absolute atomic E-state index is 0.0433. The molecule has 1 aliphatic rings. The molecule has 0 radical (unpaired) electrons. The average Bonchev–Trinajstić information content (AvgIpc) is 3.32. The topological polar surface area (TPSA) is 113 Å². The second-order valence-electron chi connectivity index (χ2n) is 5.59. The van der Waals surface area contributed by atoms with Gasteiger partial charge in [-0.15, -0.1) is 0 Å². The van der Waals surface area contributed by atoms with Crippen LogP contribution in [0.1, 0.15) is 26.2 Å². The van der Waals surface area contributed by atoms with Crippen molar-refractivity contribution < 1.29 is 19.6 Å². The van der Waals surface area contributed by atoms with Crippen LogP contribution in [0.2, 0.25) is 0 Å². The maximum absolute atomic E-state index is 12.0. The lowest BCUT2D eigenvalue weighted by molar-refractivity contribution is -0.384. The number of rotatable bonds is 8. The third kappa shape index (κ3) is 4.75. The zero-order valence-electron chi connectivity index (χ0n) is 12.8. The number of non-ortho nitro benzene ring substituents is 1. The number of nitrogens with zero attached hydrogens (tertiary/aromatic N) is 2. The van der Waals surface area contributed by atoms with Gasteiger partial charge in [0.05, 0.1) is 4.92 Å². The first-order valence-electron chi connectivity index (χ1n) is 7.41. The quantitative estimate of drug-likeness (QED) is 0.558. The van der Waals surface area contributed by atoms with E-state index in [9.17, 15) is 19.7 Å². The minimum Gasteiger partial charge on any atom is -0.480 e. The molecule has 8 nitrogen and oxygen atoms in total. The number of carboxylic acid groups (broad SMARTS) is 1. The Balaban J connectivity index is 1.86. The van der Waals surface area contributed by atoms with Gasteiger partial charge in [0.1, 0.15) is 6.04 Å². The first-order chi connectivity index (χ1) is 10.9. The molecule has 1 atom stereocenters. The van der Waals surface area contributed by atoms with E-state index in [-0.39, 0.29) is 24.1 Å². The number of carboxylic acids is 1. The lowest BCUT2D eigenvalue weighted by atomic mass is 10.2. The van der Waals surface area contributed by atoms with Crippen molar-refractivity contribution in [2.45, 2.75) is 38.3 Å². The first kappa shape index (κ1) is 16.9. The number of amides is 1. The van der Waals surface area contributed by atoms with E-state index in [0.717, 1.165) is 12.8 Å². The molecule has 0 spiro atoms. The van der Waals surface area contributed by atoms with Crippen LogP contribution < -0.4 is 5.32 Å². The second-order valence-corrected chi connectivity index (χ2v) is 5.59. The van der Waals surface area contributed by atoms with Gasteiger partial charge in [-0.2, -0.15) is 0 Å². The van der Waals surface area contributed by atoms with Crippen molar-refractivity contribution in [2.24, 2.45) is 0 Å². The Kier molecular flexibility index (Phi) is 5.28. The van der Waals surface area contributed by atoms with Crippen LogP contribution in [0.15, 0.2) is 24.3 Å². The highest BCUT2D eigenvalue weighted by Gasteiger charge is 2.34. The molecular formula is C15H19N3O5. The monoisotopic (exact) mass is 321 g/mol. The summed E-state index contributed by atoms with van der Waals surface area (Å²) in [5.74, 6) is -1.14. The van der Waals surface area contributed by atoms with Gasteiger partial charge in [-0.05, 0) is 31.9 Å². The summed E-state index contributed by atoms with van der Waals surface area (Å²) in [7, 11) is 0. The van der Waals surface area contributed by atoms with Crippen molar-refractivity contribution in [3.05, 3.63) is 34.4 Å². The molecule has 1 unspecified atom stereocenters. The predicted octanol–water partition coefficient (Wildman–Crippen LogP) is 1.86. The van der Waals surface area contributed by atoms with Gasteiger partial charge in [-0.1, -0.05) is 0 Å². The molecule has 1 aliphatic carbocycles. The van der Waals surface area contributed by atoms with E-state index in [1.54, 1.807) is 6.92 Å². The van der Waals surface area contributed by atoms with Crippen molar-refractivity contribution in [1.29, 1.82) is 0 Å². The summed E-state index contributed by atoms with van der Waals surface area (Å²) in [5.41, 5.74) is 0.433. The predicted molar refractivity (Wildman–Crippen MR) is 83.2 cm³/mol. The molecule has 1 saturated carbocycles. The molecule has 23 heavy (non-hydrogen) atoms. The third-order valence-electron chi connectivity index (χ3n) is 3.83. The summed E-state index contributed by atoms with van der Waals surface area (Å²) in [5, 5.41) is 22.3. The molecule has 0 aromatic heterocycles. The van der Waals surface area contributed by atoms with Gasteiger partial charge in [-0.25, -0.2) is 0 Å². The number of hydrogen-bond donors (Lipinski definition) is 2. The fourth-order valence-corrected chi connectivity index (χ4v) is 2.36. The van der Waals surface area contributed by atoms with Gasteiger partial charge in [0.25, 0.3) is 5.69 Å². The Morgan fingerprint density at radius 3 is 2.48 bits per heavy atom. The molecule has 124 valence electrons. The number of nitrogens with one attached hydrogen (secondary N) is 1. The summed E-state index contributed by atoms with van der Waals surface area (Å²) in [6.45, 7) is 1.99. The van der Waals surface area contributed by atoms with Crippen molar-refractivity contribution in [1.82, 2.24) is 4.90 Å². The maximum atomic E-state index is 12.0. The molecule has 2 N–H and O–H groups in total. The molecule has 1 aromatic carbocycles.